The largest absolute Gasteiger partial charge is 0.497 e. The van der Waals surface area contributed by atoms with Crippen molar-refractivity contribution in [3.63, 3.8) is 0 Å². The van der Waals surface area contributed by atoms with E-state index in [9.17, 15) is 23.2 Å². The summed E-state index contributed by atoms with van der Waals surface area (Å²) in [5, 5.41) is 7.47. The van der Waals surface area contributed by atoms with E-state index in [0.29, 0.717) is 11.3 Å². The minimum Gasteiger partial charge on any atom is -0.497 e. The van der Waals surface area contributed by atoms with Crippen molar-refractivity contribution < 1.29 is 32.6 Å². The Morgan fingerprint density at radius 2 is 1.81 bits per heavy atom. The number of rotatable bonds is 6. The Hall–Kier alpha value is -3.69. The van der Waals surface area contributed by atoms with Crippen LogP contribution in [0, 0.1) is 11.6 Å². The Morgan fingerprint density at radius 3 is 2.39 bits per heavy atom. The fourth-order valence-corrected chi connectivity index (χ4v) is 3.30. The molecular formula is C21H21F2N3O5. The van der Waals surface area contributed by atoms with Crippen molar-refractivity contribution in [3.8, 4) is 5.75 Å². The van der Waals surface area contributed by atoms with E-state index in [-0.39, 0.29) is 24.5 Å². The van der Waals surface area contributed by atoms with Gasteiger partial charge < -0.3 is 25.4 Å². The molecule has 1 aliphatic heterocycles. The summed E-state index contributed by atoms with van der Waals surface area (Å²) in [6.07, 6.45) is 0. The van der Waals surface area contributed by atoms with Gasteiger partial charge in [-0.2, -0.15) is 0 Å². The number of benzene rings is 2. The summed E-state index contributed by atoms with van der Waals surface area (Å²) < 4.78 is 38.7. The van der Waals surface area contributed by atoms with Crippen LogP contribution in [0.5, 0.6) is 5.75 Å². The predicted molar refractivity (Wildman–Crippen MR) is 107 cm³/mol. The van der Waals surface area contributed by atoms with Gasteiger partial charge in [0.15, 0.2) is 0 Å². The summed E-state index contributed by atoms with van der Waals surface area (Å²) in [6.45, 7) is 1.88. The van der Waals surface area contributed by atoms with Crippen molar-refractivity contribution in [1.29, 1.82) is 0 Å². The first-order chi connectivity index (χ1) is 14.8. The van der Waals surface area contributed by atoms with E-state index in [4.69, 9.17) is 9.47 Å². The van der Waals surface area contributed by atoms with E-state index >= 15 is 0 Å². The molecule has 1 fully saturated rings. The fraction of sp³-hybridized carbons (Fsp3) is 0.286. The van der Waals surface area contributed by atoms with E-state index in [2.05, 4.69) is 16.0 Å². The molecule has 1 aliphatic rings. The first-order valence-corrected chi connectivity index (χ1v) is 9.49. The molecule has 3 rings (SSSR count). The zero-order valence-corrected chi connectivity index (χ0v) is 16.8. The van der Waals surface area contributed by atoms with Gasteiger partial charge in [0.05, 0.1) is 19.3 Å². The Morgan fingerprint density at radius 1 is 1.16 bits per heavy atom. The standard InChI is InChI=1S/C21H21F2N3O5/c1-3-31-20(28)11-4-6-12(7-5-11)25-21(29)26-18-14(10-24-19(18)27)17-15(22)8-13(30-2)9-16(17)23/h4-9,14,18H,3,10H2,1-2H3,(H,24,27)(H2,25,26,29)/t14-,18-/m0/s1. The van der Waals surface area contributed by atoms with Crippen LogP contribution < -0.4 is 20.7 Å². The number of amides is 3. The van der Waals surface area contributed by atoms with Crippen molar-refractivity contribution in [2.24, 2.45) is 0 Å². The molecule has 31 heavy (non-hydrogen) atoms. The van der Waals surface area contributed by atoms with Crippen molar-refractivity contribution in [2.45, 2.75) is 18.9 Å². The first-order valence-electron chi connectivity index (χ1n) is 9.49. The highest BCUT2D eigenvalue weighted by Gasteiger charge is 2.40. The quantitative estimate of drug-likeness (QED) is 0.608. The van der Waals surface area contributed by atoms with Crippen molar-refractivity contribution in [3.05, 3.63) is 59.2 Å². The molecule has 1 heterocycles. The molecule has 10 heteroatoms. The van der Waals surface area contributed by atoms with Crippen LogP contribution in [0.2, 0.25) is 0 Å². The van der Waals surface area contributed by atoms with Gasteiger partial charge in [-0.05, 0) is 31.2 Å². The van der Waals surface area contributed by atoms with E-state index in [1.165, 1.54) is 31.4 Å². The highest BCUT2D eigenvalue weighted by molar-refractivity contribution is 5.96. The van der Waals surface area contributed by atoms with E-state index in [1.807, 2.05) is 0 Å². The average Bonchev–Trinajstić information content (AvgIpc) is 3.08. The maximum atomic E-state index is 14.5. The Bertz CT molecular complexity index is 974. The maximum absolute atomic E-state index is 14.5. The highest BCUT2D eigenvalue weighted by Crippen LogP contribution is 2.31. The molecule has 0 bridgehead atoms. The lowest BCUT2D eigenvalue weighted by Crippen LogP contribution is -2.45. The molecule has 0 saturated carbocycles. The second-order valence-corrected chi connectivity index (χ2v) is 6.73. The molecule has 0 radical (unpaired) electrons. The molecule has 2 aromatic rings. The van der Waals surface area contributed by atoms with E-state index in [1.54, 1.807) is 6.92 Å². The van der Waals surface area contributed by atoms with Crippen LogP contribution in [0.1, 0.15) is 28.8 Å². The minimum atomic E-state index is -1.18. The van der Waals surface area contributed by atoms with Crippen molar-refractivity contribution >= 4 is 23.6 Å². The number of anilines is 1. The molecule has 0 unspecified atom stereocenters. The summed E-state index contributed by atoms with van der Waals surface area (Å²) in [6, 6.07) is 6.03. The lowest BCUT2D eigenvalue weighted by molar-refractivity contribution is -0.120. The average molecular weight is 433 g/mol. The van der Waals surface area contributed by atoms with Gasteiger partial charge in [-0.15, -0.1) is 0 Å². The summed E-state index contributed by atoms with van der Waals surface area (Å²) in [5.41, 5.74) is 0.346. The highest BCUT2D eigenvalue weighted by atomic mass is 19.1. The molecule has 3 N–H and O–H groups in total. The van der Waals surface area contributed by atoms with Crippen LogP contribution in [-0.2, 0) is 9.53 Å². The number of carbonyl (C=O) groups excluding carboxylic acids is 3. The summed E-state index contributed by atoms with van der Waals surface area (Å²) in [4.78, 5) is 36.3. The maximum Gasteiger partial charge on any atom is 0.338 e. The summed E-state index contributed by atoms with van der Waals surface area (Å²) >= 11 is 0. The van der Waals surface area contributed by atoms with Gasteiger partial charge in [0.25, 0.3) is 0 Å². The number of ether oxygens (including phenoxy) is 2. The molecule has 164 valence electrons. The molecule has 0 aromatic heterocycles. The lowest BCUT2D eigenvalue weighted by atomic mass is 9.93. The summed E-state index contributed by atoms with van der Waals surface area (Å²) in [5.74, 6) is -3.75. The van der Waals surface area contributed by atoms with Gasteiger partial charge in [-0.25, -0.2) is 18.4 Å². The second kappa shape index (κ2) is 9.41. The molecule has 0 aliphatic carbocycles. The first kappa shape index (κ1) is 22.0. The Kier molecular flexibility index (Phi) is 6.68. The van der Waals surface area contributed by atoms with Crippen LogP contribution in [0.3, 0.4) is 0 Å². The molecular weight excluding hydrogens is 412 g/mol. The van der Waals surface area contributed by atoms with Gasteiger partial charge in [0, 0.05) is 35.8 Å². The lowest BCUT2D eigenvalue weighted by Gasteiger charge is -2.20. The number of hydrogen-bond donors (Lipinski definition) is 3. The number of nitrogens with one attached hydrogen (secondary N) is 3. The van der Waals surface area contributed by atoms with Crippen LogP contribution in [0.25, 0.3) is 0 Å². The number of methoxy groups -OCH3 is 1. The number of urea groups is 1. The third kappa shape index (κ3) is 4.90. The molecule has 8 nitrogen and oxygen atoms in total. The van der Waals surface area contributed by atoms with Crippen LogP contribution >= 0.6 is 0 Å². The zero-order chi connectivity index (χ0) is 22.5. The van der Waals surface area contributed by atoms with Gasteiger partial charge >= 0.3 is 12.0 Å². The smallest absolute Gasteiger partial charge is 0.338 e. The predicted octanol–water partition coefficient (Wildman–Crippen LogP) is 2.55. The number of carbonyl (C=O) groups is 3. The molecule has 3 amide bonds. The topological polar surface area (TPSA) is 106 Å². The van der Waals surface area contributed by atoms with Gasteiger partial charge in [-0.1, -0.05) is 0 Å². The number of hydrogen-bond acceptors (Lipinski definition) is 5. The molecule has 2 atom stereocenters. The SMILES string of the molecule is CCOC(=O)c1ccc(NC(=O)N[C@@H]2C(=O)NC[C@H]2c2c(F)cc(OC)cc2F)cc1. The second-order valence-electron chi connectivity index (χ2n) is 6.73. The van der Waals surface area contributed by atoms with Gasteiger partial charge in [-0.3, -0.25) is 4.79 Å². The van der Waals surface area contributed by atoms with Crippen LogP contribution in [0.15, 0.2) is 36.4 Å². The van der Waals surface area contributed by atoms with E-state index in [0.717, 1.165) is 12.1 Å². The normalized spacial score (nSPS) is 17.6. The van der Waals surface area contributed by atoms with Gasteiger partial charge in [0.1, 0.15) is 23.4 Å². The van der Waals surface area contributed by atoms with Crippen LogP contribution in [0.4, 0.5) is 19.3 Å². The number of halogens is 2. The zero-order valence-electron chi connectivity index (χ0n) is 16.8. The fourth-order valence-electron chi connectivity index (χ4n) is 3.30. The molecule has 0 spiro atoms. The number of esters is 1. The third-order valence-electron chi connectivity index (χ3n) is 4.78. The van der Waals surface area contributed by atoms with Crippen LogP contribution in [-0.4, -0.2) is 44.2 Å². The van der Waals surface area contributed by atoms with Gasteiger partial charge in [0.2, 0.25) is 5.91 Å². The minimum absolute atomic E-state index is 0.00421. The summed E-state index contributed by atoms with van der Waals surface area (Å²) in [7, 11) is 1.28. The monoisotopic (exact) mass is 433 g/mol. The van der Waals surface area contributed by atoms with Crippen molar-refractivity contribution in [2.75, 3.05) is 25.6 Å². The van der Waals surface area contributed by atoms with Crippen molar-refractivity contribution in [1.82, 2.24) is 10.6 Å². The van der Waals surface area contributed by atoms with E-state index < -0.39 is 41.5 Å². The molecule has 2 aromatic carbocycles. The Labute approximate surface area is 176 Å². The molecule has 1 saturated heterocycles. The third-order valence-corrected chi connectivity index (χ3v) is 4.78. The Balaban J connectivity index is 1.71.